The molecule has 0 aromatic rings. The molecule has 11 N–H and O–H groups in total. The Hall–Kier alpha value is -1.17. The van der Waals surface area contributed by atoms with Gasteiger partial charge in [0.1, 0.15) is 54.9 Å². The maximum absolute atomic E-state index is 12.3. The van der Waals surface area contributed by atoms with Crippen molar-refractivity contribution in [2.24, 2.45) is 11.8 Å². The van der Waals surface area contributed by atoms with Gasteiger partial charge in [0.15, 0.2) is 12.6 Å². The van der Waals surface area contributed by atoms with E-state index >= 15 is 0 Å². The van der Waals surface area contributed by atoms with Gasteiger partial charge in [0.05, 0.1) is 61.8 Å². The quantitative estimate of drug-likeness (QED) is 0.109. The normalized spacial score (nSPS) is 51.9. The first-order chi connectivity index (χ1) is 21.7. The van der Waals surface area contributed by atoms with Crippen molar-refractivity contribution in [2.45, 2.75) is 137 Å². The summed E-state index contributed by atoms with van der Waals surface area (Å²) in [6, 6.07) is -1.04. The molecule has 0 bridgehead atoms. The number of methoxy groups -OCH3 is 1. The molecule has 20 unspecified atom stereocenters. The zero-order chi connectivity index (χ0) is 34.2. The van der Waals surface area contributed by atoms with Gasteiger partial charge in [-0.1, -0.05) is 0 Å². The van der Waals surface area contributed by atoms with E-state index in [1.165, 1.54) is 27.9 Å². The van der Waals surface area contributed by atoms with Crippen molar-refractivity contribution in [3.63, 3.8) is 0 Å². The summed E-state index contributed by atoms with van der Waals surface area (Å²) in [5, 5.41) is 108. The number of carbonyl (C=O) groups excluding carboxylic acids is 1. The second kappa shape index (κ2) is 15.6. The smallest absolute Gasteiger partial charge is 0.217 e. The summed E-state index contributed by atoms with van der Waals surface area (Å²) in [5.41, 5.74) is 0. The van der Waals surface area contributed by atoms with Gasteiger partial charge < -0.3 is 84.8 Å². The molecule has 0 saturated carbocycles. The van der Waals surface area contributed by atoms with Gasteiger partial charge in [-0.2, -0.15) is 0 Å². The average molecular weight is 672 g/mol. The minimum atomic E-state index is -1.80. The Labute approximate surface area is 265 Å². The number of aliphatic hydroxyl groups is 10. The highest BCUT2D eigenvalue weighted by molar-refractivity contribution is 5.73. The molecule has 4 saturated heterocycles. The minimum Gasteiger partial charge on any atom is -0.394 e. The van der Waals surface area contributed by atoms with Crippen molar-refractivity contribution < 1.29 is 84.3 Å². The first-order valence-electron chi connectivity index (χ1n) is 15.4. The third kappa shape index (κ3) is 7.37. The minimum absolute atomic E-state index is 0.179. The molecule has 268 valence electrons. The van der Waals surface area contributed by atoms with E-state index in [2.05, 4.69) is 5.32 Å². The van der Waals surface area contributed by atoms with Crippen LogP contribution in [0.2, 0.25) is 0 Å². The Morgan fingerprint density at radius 3 is 1.78 bits per heavy atom. The van der Waals surface area contributed by atoms with Gasteiger partial charge >= 0.3 is 0 Å². The Bertz CT molecular complexity index is 996. The molecule has 1 amide bonds. The number of carbonyl (C=O) groups is 1. The van der Waals surface area contributed by atoms with Gasteiger partial charge in [-0.25, -0.2) is 0 Å². The van der Waals surface area contributed by atoms with Crippen molar-refractivity contribution in [3.05, 3.63) is 0 Å². The summed E-state index contributed by atoms with van der Waals surface area (Å²) < 4.78 is 35.3. The monoisotopic (exact) mass is 671 g/mol. The van der Waals surface area contributed by atoms with Crippen molar-refractivity contribution >= 4 is 5.91 Å². The van der Waals surface area contributed by atoms with E-state index in [4.69, 9.17) is 28.4 Å². The molecule has 4 aliphatic rings. The molecular formula is C28H49NO17. The summed E-state index contributed by atoms with van der Waals surface area (Å²) >= 11 is 0. The first-order valence-corrected chi connectivity index (χ1v) is 15.4. The zero-order valence-corrected chi connectivity index (χ0v) is 26.0. The maximum atomic E-state index is 12.3. The fraction of sp³-hybridized carbons (Fsp3) is 0.964. The first kappa shape index (κ1) is 37.6. The Balaban J connectivity index is 1.74. The average Bonchev–Trinajstić information content (AvgIpc) is 3.02. The SMILES string of the molecule is COC1OC(CO)C(OC2OC(CO)C(O)C(O)C2C2OC(C)C(O)C(O)C2O)C(CC2OC(C)C(O)C(O)C2O)C1NC(C)=O. The predicted octanol–water partition coefficient (Wildman–Crippen LogP) is -5.96. The third-order valence-corrected chi connectivity index (χ3v) is 9.58. The molecule has 0 radical (unpaired) electrons. The second-order valence-corrected chi connectivity index (χ2v) is 12.6. The lowest BCUT2D eigenvalue weighted by Gasteiger charge is -2.53. The Kier molecular flexibility index (Phi) is 12.8. The molecule has 4 aliphatic heterocycles. The highest BCUT2D eigenvalue weighted by atomic mass is 16.7. The van der Waals surface area contributed by atoms with Gasteiger partial charge in [0.2, 0.25) is 5.91 Å². The van der Waals surface area contributed by atoms with Crippen LogP contribution in [0.1, 0.15) is 27.2 Å². The molecule has 46 heavy (non-hydrogen) atoms. The van der Waals surface area contributed by atoms with Crippen molar-refractivity contribution in [1.82, 2.24) is 5.32 Å². The van der Waals surface area contributed by atoms with Gasteiger partial charge in [-0.3, -0.25) is 4.79 Å². The molecule has 0 aromatic carbocycles. The second-order valence-electron chi connectivity index (χ2n) is 12.6. The van der Waals surface area contributed by atoms with E-state index in [0.29, 0.717) is 0 Å². The van der Waals surface area contributed by atoms with E-state index in [9.17, 15) is 55.9 Å². The standard InChI is InChI=1S/C28H49NO17/c1-8-17(33)22(38)19(35)12(42-8)5-11-16(29-10(3)32)28(41-4)45-14(7-31)25(11)46-27-15(21(37)20(36)13(6-30)44-27)26-24(40)23(39)18(34)9(2)43-26/h8-9,11-28,30-31,33-40H,5-7H2,1-4H3,(H,29,32). The van der Waals surface area contributed by atoms with Crippen LogP contribution in [0.3, 0.4) is 0 Å². The largest absolute Gasteiger partial charge is 0.394 e. The maximum Gasteiger partial charge on any atom is 0.217 e. The third-order valence-electron chi connectivity index (χ3n) is 9.58. The lowest BCUT2D eigenvalue weighted by molar-refractivity contribution is -0.357. The van der Waals surface area contributed by atoms with Crippen LogP contribution in [0.4, 0.5) is 0 Å². The topological polar surface area (TPSA) is 287 Å². The van der Waals surface area contributed by atoms with Crippen LogP contribution in [0, 0.1) is 11.8 Å². The molecule has 0 spiro atoms. The molecule has 0 aromatic heterocycles. The predicted molar refractivity (Wildman–Crippen MR) is 149 cm³/mol. The van der Waals surface area contributed by atoms with Crippen LogP contribution < -0.4 is 5.32 Å². The van der Waals surface area contributed by atoms with E-state index in [0.717, 1.165) is 0 Å². The van der Waals surface area contributed by atoms with Gasteiger partial charge in [-0.05, 0) is 20.3 Å². The highest BCUT2D eigenvalue weighted by Crippen LogP contribution is 2.41. The number of aliphatic hydroxyl groups excluding tert-OH is 10. The van der Waals surface area contributed by atoms with Crippen LogP contribution in [-0.4, -0.2) is 187 Å². The Morgan fingerprint density at radius 2 is 1.22 bits per heavy atom. The van der Waals surface area contributed by atoms with Crippen LogP contribution in [-0.2, 0) is 33.2 Å². The molecule has 4 rings (SSSR count). The number of amides is 1. The van der Waals surface area contributed by atoms with Crippen LogP contribution in [0.5, 0.6) is 0 Å². The molecular weight excluding hydrogens is 622 g/mol. The zero-order valence-electron chi connectivity index (χ0n) is 26.0. The summed E-state index contributed by atoms with van der Waals surface area (Å²) in [4.78, 5) is 12.3. The fourth-order valence-corrected chi connectivity index (χ4v) is 6.98. The molecule has 0 aliphatic carbocycles. The van der Waals surface area contributed by atoms with Crippen LogP contribution in [0.15, 0.2) is 0 Å². The molecule has 18 nitrogen and oxygen atoms in total. The molecule has 4 heterocycles. The number of nitrogens with one attached hydrogen (secondary N) is 1. The van der Waals surface area contributed by atoms with E-state index < -0.39 is 141 Å². The van der Waals surface area contributed by atoms with E-state index in [1.807, 2.05) is 0 Å². The van der Waals surface area contributed by atoms with Crippen molar-refractivity contribution in [3.8, 4) is 0 Å². The van der Waals surface area contributed by atoms with E-state index in [1.54, 1.807) is 0 Å². The lowest BCUT2D eigenvalue weighted by atomic mass is 9.78. The fourth-order valence-electron chi connectivity index (χ4n) is 6.98. The number of rotatable bonds is 9. The van der Waals surface area contributed by atoms with Gasteiger partial charge in [0.25, 0.3) is 0 Å². The summed E-state index contributed by atoms with van der Waals surface area (Å²) in [6.45, 7) is 2.69. The summed E-state index contributed by atoms with van der Waals surface area (Å²) in [5.74, 6) is -2.95. The molecule has 20 atom stereocenters. The number of ether oxygens (including phenoxy) is 6. The summed E-state index contributed by atoms with van der Waals surface area (Å²) in [6.07, 6.45) is -24.5. The number of hydrogen-bond donors (Lipinski definition) is 11. The summed E-state index contributed by atoms with van der Waals surface area (Å²) in [7, 11) is 1.30. The van der Waals surface area contributed by atoms with Gasteiger partial charge in [0, 0.05) is 20.0 Å². The molecule has 4 fully saturated rings. The Morgan fingerprint density at radius 1 is 0.674 bits per heavy atom. The molecule has 18 heteroatoms. The van der Waals surface area contributed by atoms with Crippen molar-refractivity contribution in [1.29, 1.82) is 0 Å². The van der Waals surface area contributed by atoms with Crippen LogP contribution >= 0.6 is 0 Å². The highest BCUT2D eigenvalue weighted by Gasteiger charge is 2.58. The van der Waals surface area contributed by atoms with Crippen molar-refractivity contribution in [2.75, 3.05) is 20.3 Å². The van der Waals surface area contributed by atoms with Crippen LogP contribution in [0.25, 0.3) is 0 Å². The lowest BCUT2D eigenvalue weighted by Crippen LogP contribution is -2.69. The number of hydrogen-bond acceptors (Lipinski definition) is 17. The van der Waals surface area contributed by atoms with E-state index in [-0.39, 0.29) is 6.42 Å². The van der Waals surface area contributed by atoms with Gasteiger partial charge in [-0.15, -0.1) is 0 Å².